The summed E-state index contributed by atoms with van der Waals surface area (Å²) in [7, 11) is 0. The molecule has 0 amide bonds. The standard InChI is InChI=1S/C58H44N2/c1-57(2)48-24-14-13-23-44(48)45-35-47-46-32-39(26-29-53(46)59(56(47)36-49(45)57)42-20-9-6-10-21-42)41-28-31-55-51(34-41)58(3,4)50-33-40(37-16-7-5-8-17-37)27-30-54(50)60(55)52-25-15-19-38-18-11-12-22-43(38)52/h5-36H,1-4H3. The Balaban J connectivity index is 1.08. The van der Waals surface area contributed by atoms with Gasteiger partial charge in [-0.1, -0.05) is 155 Å². The first kappa shape index (κ1) is 34.8. The van der Waals surface area contributed by atoms with Crippen LogP contribution >= 0.6 is 0 Å². The van der Waals surface area contributed by atoms with Crippen LogP contribution in [0.5, 0.6) is 0 Å². The van der Waals surface area contributed by atoms with Crippen LogP contribution in [0.1, 0.15) is 49.9 Å². The summed E-state index contributed by atoms with van der Waals surface area (Å²) in [6.07, 6.45) is 0. The maximum Gasteiger partial charge on any atom is 0.0544 e. The van der Waals surface area contributed by atoms with Crippen molar-refractivity contribution in [2.24, 2.45) is 0 Å². The van der Waals surface area contributed by atoms with Crippen molar-refractivity contribution in [3.63, 3.8) is 0 Å². The van der Waals surface area contributed by atoms with Crippen molar-refractivity contribution in [3.05, 3.63) is 216 Å². The van der Waals surface area contributed by atoms with Gasteiger partial charge in [-0.05, 0) is 128 Å². The van der Waals surface area contributed by atoms with Crippen LogP contribution in [0, 0.1) is 0 Å². The fraction of sp³-hybridized carbons (Fsp3) is 0.103. The molecule has 286 valence electrons. The van der Waals surface area contributed by atoms with Crippen LogP contribution in [0.3, 0.4) is 0 Å². The van der Waals surface area contributed by atoms with Crippen molar-refractivity contribution in [1.29, 1.82) is 0 Å². The van der Waals surface area contributed by atoms with Crippen molar-refractivity contribution >= 4 is 49.6 Å². The first-order chi connectivity index (χ1) is 29.3. The molecule has 2 aliphatic rings. The Hall–Kier alpha value is -7.16. The molecular formula is C58H44N2. The molecule has 1 aliphatic carbocycles. The highest BCUT2D eigenvalue weighted by atomic mass is 15.2. The molecule has 60 heavy (non-hydrogen) atoms. The van der Waals surface area contributed by atoms with E-state index in [2.05, 4.69) is 231 Å². The van der Waals surface area contributed by atoms with Crippen molar-refractivity contribution in [2.75, 3.05) is 4.90 Å². The fourth-order valence-corrected chi connectivity index (χ4v) is 10.6. The zero-order valence-corrected chi connectivity index (χ0v) is 34.4. The highest BCUT2D eigenvalue weighted by Gasteiger charge is 2.39. The van der Waals surface area contributed by atoms with Gasteiger partial charge < -0.3 is 9.47 Å². The second-order valence-electron chi connectivity index (χ2n) is 17.8. The van der Waals surface area contributed by atoms with Crippen molar-refractivity contribution < 1.29 is 0 Å². The van der Waals surface area contributed by atoms with E-state index in [0.717, 1.165) is 0 Å². The summed E-state index contributed by atoms with van der Waals surface area (Å²) in [5, 5.41) is 5.03. The van der Waals surface area contributed by atoms with Crippen LogP contribution in [-0.4, -0.2) is 4.57 Å². The summed E-state index contributed by atoms with van der Waals surface area (Å²) in [5.41, 5.74) is 19.9. The van der Waals surface area contributed by atoms with E-state index in [9.17, 15) is 0 Å². The van der Waals surface area contributed by atoms with Gasteiger partial charge in [0.15, 0.2) is 0 Å². The zero-order valence-electron chi connectivity index (χ0n) is 34.4. The lowest BCUT2D eigenvalue weighted by Crippen LogP contribution is -2.30. The Kier molecular flexibility index (Phi) is 7.36. The van der Waals surface area contributed by atoms with Crippen LogP contribution in [0.15, 0.2) is 194 Å². The molecule has 0 saturated carbocycles. The van der Waals surface area contributed by atoms with Crippen LogP contribution in [0.4, 0.5) is 17.1 Å². The van der Waals surface area contributed by atoms with Crippen LogP contribution in [-0.2, 0) is 10.8 Å². The predicted molar refractivity (Wildman–Crippen MR) is 254 cm³/mol. The second-order valence-corrected chi connectivity index (χ2v) is 17.8. The Morgan fingerprint density at radius 1 is 0.333 bits per heavy atom. The minimum Gasteiger partial charge on any atom is -0.309 e. The second kappa shape index (κ2) is 12.7. The van der Waals surface area contributed by atoms with E-state index < -0.39 is 0 Å². The lowest BCUT2D eigenvalue weighted by molar-refractivity contribution is 0.632. The molecule has 2 heterocycles. The Labute approximate surface area is 351 Å². The van der Waals surface area contributed by atoms with Gasteiger partial charge in [-0.2, -0.15) is 0 Å². The number of benzene rings is 9. The number of para-hydroxylation sites is 1. The average Bonchev–Trinajstić information content (AvgIpc) is 3.73. The molecule has 0 fully saturated rings. The molecule has 0 spiro atoms. The Morgan fingerprint density at radius 2 is 0.917 bits per heavy atom. The molecule has 9 aromatic carbocycles. The van der Waals surface area contributed by atoms with E-state index in [1.54, 1.807) is 0 Å². The summed E-state index contributed by atoms with van der Waals surface area (Å²) < 4.78 is 2.47. The molecule has 0 N–H and O–H groups in total. The van der Waals surface area contributed by atoms with Gasteiger partial charge in [0.2, 0.25) is 0 Å². The largest absolute Gasteiger partial charge is 0.309 e. The van der Waals surface area contributed by atoms with Crippen LogP contribution in [0.2, 0.25) is 0 Å². The number of aromatic nitrogens is 1. The Morgan fingerprint density at radius 3 is 1.68 bits per heavy atom. The molecule has 1 aliphatic heterocycles. The number of hydrogen-bond acceptors (Lipinski definition) is 1. The molecule has 1 aromatic heterocycles. The SMILES string of the molecule is CC1(C)c2ccccc2-c2cc3c4cc(-c5ccc6c(c5)C(C)(C)c5cc(-c7ccccc7)ccc5N6c5cccc6ccccc56)ccc4n(-c4ccccc4)c3cc21. The molecule has 0 saturated heterocycles. The van der Waals surface area contributed by atoms with Crippen molar-refractivity contribution in [2.45, 2.75) is 38.5 Å². The number of hydrogen-bond donors (Lipinski definition) is 0. The first-order valence-electron chi connectivity index (χ1n) is 21.2. The van der Waals surface area contributed by atoms with E-state index in [-0.39, 0.29) is 10.8 Å². The quantitative estimate of drug-likeness (QED) is 0.173. The minimum absolute atomic E-state index is 0.0837. The molecule has 0 unspecified atom stereocenters. The zero-order chi connectivity index (χ0) is 40.3. The van der Waals surface area contributed by atoms with Gasteiger partial charge in [-0.25, -0.2) is 0 Å². The van der Waals surface area contributed by atoms with Gasteiger partial charge in [-0.3, -0.25) is 0 Å². The fourth-order valence-electron chi connectivity index (χ4n) is 10.6. The lowest BCUT2D eigenvalue weighted by atomic mass is 9.72. The Bertz CT molecular complexity index is 3360. The van der Waals surface area contributed by atoms with Crippen LogP contribution in [0.25, 0.3) is 71.6 Å². The molecule has 0 bridgehead atoms. The monoisotopic (exact) mass is 768 g/mol. The number of fused-ring (bicyclic) bond motifs is 9. The number of nitrogens with zero attached hydrogens (tertiary/aromatic N) is 2. The maximum absolute atomic E-state index is 2.51. The topological polar surface area (TPSA) is 8.17 Å². The third-order valence-electron chi connectivity index (χ3n) is 13.8. The number of anilines is 3. The van der Waals surface area contributed by atoms with E-state index in [1.165, 1.54) is 111 Å². The van der Waals surface area contributed by atoms with E-state index in [1.807, 2.05) is 0 Å². The summed E-state index contributed by atoms with van der Waals surface area (Å²) >= 11 is 0. The van der Waals surface area contributed by atoms with Gasteiger partial charge in [-0.15, -0.1) is 0 Å². The van der Waals surface area contributed by atoms with Gasteiger partial charge in [0.05, 0.1) is 28.1 Å². The molecular weight excluding hydrogens is 725 g/mol. The van der Waals surface area contributed by atoms with Gasteiger partial charge >= 0.3 is 0 Å². The highest BCUT2D eigenvalue weighted by Crippen LogP contribution is 2.55. The molecule has 0 radical (unpaired) electrons. The van der Waals surface area contributed by atoms with E-state index in [4.69, 9.17) is 0 Å². The van der Waals surface area contributed by atoms with Gasteiger partial charge in [0.1, 0.15) is 0 Å². The normalized spacial score (nSPS) is 14.6. The molecule has 2 heteroatoms. The summed E-state index contributed by atoms with van der Waals surface area (Å²) in [6, 6.07) is 72.3. The molecule has 12 rings (SSSR count). The summed E-state index contributed by atoms with van der Waals surface area (Å²) in [6.45, 7) is 9.55. The molecule has 10 aromatic rings. The predicted octanol–water partition coefficient (Wildman–Crippen LogP) is 15.7. The van der Waals surface area contributed by atoms with E-state index >= 15 is 0 Å². The van der Waals surface area contributed by atoms with Crippen molar-refractivity contribution in [1.82, 2.24) is 4.57 Å². The highest BCUT2D eigenvalue weighted by molar-refractivity contribution is 6.13. The van der Waals surface area contributed by atoms with Crippen LogP contribution < -0.4 is 4.90 Å². The summed E-state index contributed by atoms with van der Waals surface area (Å²) in [4.78, 5) is 2.51. The lowest BCUT2D eigenvalue weighted by Gasteiger charge is -2.43. The average molecular weight is 769 g/mol. The number of rotatable bonds is 4. The maximum atomic E-state index is 2.51. The van der Waals surface area contributed by atoms with Gasteiger partial charge in [0, 0.05) is 32.7 Å². The summed E-state index contributed by atoms with van der Waals surface area (Å²) in [5.74, 6) is 0. The molecule has 2 nitrogen and oxygen atoms in total. The van der Waals surface area contributed by atoms with E-state index in [0.29, 0.717) is 0 Å². The smallest absolute Gasteiger partial charge is 0.0544 e. The first-order valence-corrected chi connectivity index (χ1v) is 21.2. The minimum atomic E-state index is -0.277. The van der Waals surface area contributed by atoms with Crippen molar-refractivity contribution in [3.8, 4) is 39.1 Å². The third kappa shape index (κ3) is 4.94. The molecule has 0 atom stereocenters. The van der Waals surface area contributed by atoms with Gasteiger partial charge in [0.25, 0.3) is 0 Å². The third-order valence-corrected chi connectivity index (χ3v) is 13.8.